The van der Waals surface area contributed by atoms with Crippen LogP contribution in [0.4, 0.5) is 0 Å². The summed E-state index contributed by atoms with van der Waals surface area (Å²) in [4.78, 5) is 17.4. The molecule has 6 heteroatoms. The van der Waals surface area contributed by atoms with Crippen LogP contribution < -0.4 is 0 Å². The van der Waals surface area contributed by atoms with Crippen LogP contribution in [0.3, 0.4) is 0 Å². The molecule has 0 unspecified atom stereocenters. The summed E-state index contributed by atoms with van der Waals surface area (Å²) in [5, 5.41) is 7.46. The number of likely N-dealkylation sites (N-methyl/N-ethyl adjacent to an activating group) is 1. The second kappa shape index (κ2) is 5.66. The van der Waals surface area contributed by atoms with Crippen LogP contribution >= 0.6 is 0 Å². The van der Waals surface area contributed by atoms with Crippen molar-refractivity contribution in [3.8, 4) is 0 Å². The first-order valence-corrected chi connectivity index (χ1v) is 8.35. The number of hydrogen-bond donors (Lipinski definition) is 1. The van der Waals surface area contributed by atoms with E-state index in [1.54, 1.807) is 0 Å². The van der Waals surface area contributed by atoms with E-state index in [0.717, 1.165) is 51.1 Å². The SMILES string of the molecule is CN1C[C@@H]2COC[C@H](C1)N(C(=O)c1n[nH]c3c1CCCC3)C2. The monoisotopic (exact) mass is 304 g/mol. The molecule has 1 aliphatic carbocycles. The predicted octanol–water partition coefficient (Wildman–Crippen LogP) is 0.691. The molecule has 120 valence electrons. The molecule has 1 aromatic rings. The lowest BCUT2D eigenvalue weighted by Gasteiger charge is -2.29. The number of carbonyl (C=O) groups excluding carboxylic acids is 1. The summed E-state index contributed by atoms with van der Waals surface area (Å²) in [5.41, 5.74) is 2.98. The van der Waals surface area contributed by atoms with Gasteiger partial charge in [-0.1, -0.05) is 0 Å². The lowest BCUT2D eigenvalue weighted by Crippen LogP contribution is -2.46. The fraction of sp³-hybridized carbons (Fsp3) is 0.750. The van der Waals surface area contributed by atoms with Gasteiger partial charge in [0.05, 0.1) is 19.3 Å². The largest absolute Gasteiger partial charge is 0.379 e. The number of H-pyrrole nitrogens is 1. The minimum atomic E-state index is 0.0928. The van der Waals surface area contributed by atoms with E-state index in [0.29, 0.717) is 18.2 Å². The fourth-order valence-electron chi connectivity index (χ4n) is 4.12. The van der Waals surface area contributed by atoms with Crippen LogP contribution in [0.5, 0.6) is 0 Å². The molecule has 2 bridgehead atoms. The van der Waals surface area contributed by atoms with Crippen molar-refractivity contribution in [2.75, 3.05) is 39.9 Å². The number of nitrogens with one attached hydrogen (secondary N) is 1. The maximum Gasteiger partial charge on any atom is 0.275 e. The van der Waals surface area contributed by atoms with Gasteiger partial charge in [-0.2, -0.15) is 5.10 Å². The van der Waals surface area contributed by atoms with Crippen LogP contribution in [0.25, 0.3) is 0 Å². The number of fused-ring (bicyclic) bond motifs is 4. The fourth-order valence-corrected chi connectivity index (χ4v) is 4.12. The second-order valence-electron chi connectivity index (χ2n) is 6.97. The molecule has 0 spiro atoms. The minimum absolute atomic E-state index is 0.0928. The summed E-state index contributed by atoms with van der Waals surface area (Å²) in [5.74, 6) is 0.492. The van der Waals surface area contributed by atoms with Crippen LogP contribution in [-0.4, -0.2) is 71.8 Å². The van der Waals surface area contributed by atoms with Gasteiger partial charge in [-0.3, -0.25) is 9.89 Å². The van der Waals surface area contributed by atoms with Crippen molar-refractivity contribution in [1.29, 1.82) is 0 Å². The summed E-state index contributed by atoms with van der Waals surface area (Å²) in [6.07, 6.45) is 4.35. The Labute approximate surface area is 130 Å². The molecule has 3 aliphatic rings. The van der Waals surface area contributed by atoms with Gasteiger partial charge in [-0.05, 0) is 32.7 Å². The van der Waals surface area contributed by atoms with Gasteiger partial charge in [0.2, 0.25) is 0 Å². The molecule has 2 saturated heterocycles. The maximum atomic E-state index is 13.1. The third kappa shape index (κ3) is 2.44. The minimum Gasteiger partial charge on any atom is -0.379 e. The highest BCUT2D eigenvalue weighted by atomic mass is 16.5. The van der Waals surface area contributed by atoms with Gasteiger partial charge in [0.1, 0.15) is 0 Å². The zero-order chi connectivity index (χ0) is 15.1. The molecule has 3 heterocycles. The number of rotatable bonds is 1. The number of aromatic nitrogens is 2. The third-order valence-electron chi connectivity index (χ3n) is 5.17. The van der Waals surface area contributed by atoms with Crippen molar-refractivity contribution >= 4 is 5.91 Å². The first kappa shape index (κ1) is 14.2. The molecule has 1 amide bonds. The summed E-state index contributed by atoms with van der Waals surface area (Å²) in [6.45, 7) is 4.06. The van der Waals surface area contributed by atoms with Gasteiger partial charge in [-0.15, -0.1) is 0 Å². The summed E-state index contributed by atoms with van der Waals surface area (Å²) in [7, 11) is 2.13. The Balaban J connectivity index is 1.63. The first-order chi connectivity index (χ1) is 10.7. The van der Waals surface area contributed by atoms with Gasteiger partial charge < -0.3 is 14.5 Å². The first-order valence-electron chi connectivity index (χ1n) is 8.35. The lowest BCUT2D eigenvalue weighted by atomic mass is 9.95. The molecule has 22 heavy (non-hydrogen) atoms. The average Bonchev–Trinajstić information content (AvgIpc) is 2.74. The van der Waals surface area contributed by atoms with E-state index in [-0.39, 0.29) is 11.9 Å². The Hall–Kier alpha value is -1.40. The molecular formula is C16H24N4O2. The van der Waals surface area contributed by atoms with E-state index in [1.165, 1.54) is 12.1 Å². The van der Waals surface area contributed by atoms with E-state index in [2.05, 4.69) is 22.1 Å². The van der Waals surface area contributed by atoms with Crippen LogP contribution in [0.1, 0.15) is 34.6 Å². The third-order valence-corrected chi connectivity index (χ3v) is 5.17. The number of aryl methyl sites for hydroxylation is 1. The van der Waals surface area contributed by atoms with E-state index >= 15 is 0 Å². The molecule has 1 aromatic heterocycles. The van der Waals surface area contributed by atoms with E-state index in [4.69, 9.17) is 4.74 Å². The lowest BCUT2D eigenvalue weighted by molar-refractivity contribution is 0.0479. The molecular weight excluding hydrogens is 280 g/mol. The van der Waals surface area contributed by atoms with Crippen molar-refractivity contribution in [3.05, 3.63) is 17.0 Å². The Morgan fingerprint density at radius 3 is 3.00 bits per heavy atom. The van der Waals surface area contributed by atoms with E-state index in [1.807, 2.05) is 4.90 Å². The van der Waals surface area contributed by atoms with Crippen molar-refractivity contribution in [3.63, 3.8) is 0 Å². The van der Waals surface area contributed by atoms with Crippen molar-refractivity contribution in [2.24, 2.45) is 5.92 Å². The Bertz CT molecular complexity index is 570. The van der Waals surface area contributed by atoms with Crippen molar-refractivity contribution in [1.82, 2.24) is 20.0 Å². The highest BCUT2D eigenvalue weighted by Gasteiger charge is 2.37. The van der Waals surface area contributed by atoms with Crippen LogP contribution in [0, 0.1) is 5.92 Å². The maximum absolute atomic E-state index is 13.1. The van der Waals surface area contributed by atoms with Crippen molar-refractivity contribution < 1.29 is 9.53 Å². The van der Waals surface area contributed by atoms with Gasteiger partial charge >= 0.3 is 0 Å². The highest BCUT2D eigenvalue weighted by molar-refractivity contribution is 5.94. The molecule has 4 rings (SSSR count). The zero-order valence-electron chi connectivity index (χ0n) is 13.2. The molecule has 2 fully saturated rings. The number of aromatic amines is 1. The molecule has 0 aromatic carbocycles. The van der Waals surface area contributed by atoms with Gasteiger partial charge in [-0.25, -0.2) is 0 Å². The normalized spacial score (nSPS) is 29.0. The number of nitrogens with zero attached hydrogens (tertiary/aromatic N) is 3. The molecule has 0 saturated carbocycles. The number of hydrogen-bond acceptors (Lipinski definition) is 4. The van der Waals surface area contributed by atoms with Crippen LogP contribution in [0.2, 0.25) is 0 Å². The molecule has 2 aliphatic heterocycles. The number of ether oxygens (including phenoxy) is 1. The summed E-state index contributed by atoms with van der Waals surface area (Å²) in [6, 6.07) is 0.140. The standard InChI is InChI=1S/C16H24N4O2/c1-19-6-11-7-20(12(8-19)10-22-9-11)16(21)15-13-4-2-3-5-14(13)17-18-15/h11-12H,2-10H2,1H3,(H,17,18)/t11-,12-/m0/s1. The number of amides is 1. The zero-order valence-corrected chi connectivity index (χ0v) is 13.2. The molecule has 0 radical (unpaired) electrons. The van der Waals surface area contributed by atoms with E-state index < -0.39 is 0 Å². The Morgan fingerprint density at radius 1 is 1.23 bits per heavy atom. The molecule has 1 N–H and O–H groups in total. The Morgan fingerprint density at radius 2 is 2.09 bits per heavy atom. The highest BCUT2D eigenvalue weighted by Crippen LogP contribution is 2.26. The van der Waals surface area contributed by atoms with Gasteiger partial charge in [0, 0.05) is 36.8 Å². The predicted molar refractivity (Wildman–Crippen MR) is 81.9 cm³/mol. The summed E-state index contributed by atoms with van der Waals surface area (Å²) < 4.78 is 5.77. The summed E-state index contributed by atoms with van der Waals surface area (Å²) >= 11 is 0. The molecule has 6 nitrogen and oxygen atoms in total. The van der Waals surface area contributed by atoms with Crippen LogP contribution in [0.15, 0.2) is 0 Å². The van der Waals surface area contributed by atoms with Crippen LogP contribution in [-0.2, 0) is 17.6 Å². The quantitative estimate of drug-likeness (QED) is 0.829. The van der Waals surface area contributed by atoms with Gasteiger partial charge in [0.25, 0.3) is 5.91 Å². The molecule has 2 atom stereocenters. The van der Waals surface area contributed by atoms with E-state index in [9.17, 15) is 4.79 Å². The number of carbonyl (C=O) groups is 1. The smallest absolute Gasteiger partial charge is 0.275 e. The average molecular weight is 304 g/mol. The topological polar surface area (TPSA) is 61.5 Å². The van der Waals surface area contributed by atoms with Gasteiger partial charge in [0.15, 0.2) is 5.69 Å². The van der Waals surface area contributed by atoms with Crippen molar-refractivity contribution in [2.45, 2.75) is 31.7 Å². The Kier molecular flexibility index (Phi) is 3.66. The second-order valence-corrected chi connectivity index (χ2v) is 6.97.